The number of rotatable bonds is 7. The molecule has 0 N–H and O–H groups in total. The fourth-order valence-corrected chi connectivity index (χ4v) is 1.70. The van der Waals surface area contributed by atoms with Crippen LogP contribution in [0.25, 0.3) is 0 Å². The van der Waals surface area contributed by atoms with Gasteiger partial charge in [0, 0.05) is 0 Å². The van der Waals surface area contributed by atoms with Crippen LogP contribution in [-0.2, 0) is 9.47 Å². The largest absolute Gasteiger partial charge is 0.509 e. The highest BCUT2D eigenvalue weighted by molar-refractivity contribution is 5.61. The summed E-state index contributed by atoms with van der Waals surface area (Å²) in [6.07, 6.45) is 4.44. The van der Waals surface area contributed by atoms with Crippen molar-refractivity contribution in [2.45, 2.75) is 65.1 Å². The zero-order valence-corrected chi connectivity index (χ0v) is 10.9. The molecular formula is C13H24O3. The van der Waals surface area contributed by atoms with Crippen LogP contribution in [-0.4, -0.2) is 17.9 Å². The van der Waals surface area contributed by atoms with Crippen LogP contribution in [0.5, 0.6) is 0 Å². The zero-order chi connectivity index (χ0) is 12.6. The summed E-state index contributed by atoms with van der Waals surface area (Å²) in [5.74, 6) is 0. The van der Waals surface area contributed by atoms with Crippen LogP contribution in [0.15, 0.2) is 12.7 Å². The van der Waals surface area contributed by atoms with Gasteiger partial charge < -0.3 is 9.47 Å². The molecule has 0 radical (unpaired) electrons. The summed E-state index contributed by atoms with van der Waals surface area (Å²) in [6.45, 7) is 11.5. The van der Waals surface area contributed by atoms with Crippen molar-refractivity contribution in [3.63, 3.8) is 0 Å². The van der Waals surface area contributed by atoms with Crippen molar-refractivity contribution in [1.82, 2.24) is 0 Å². The van der Waals surface area contributed by atoms with E-state index in [9.17, 15) is 4.79 Å². The molecule has 0 aliphatic heterocycles. The molecule has 0 atom stereocenters. The van der Waals surface area contributed by atoms with E-state index in [-0.39, 0.29) is 6.10 Å². The van der Waals surface area contributed by atoms with Crippen LogP contribution >= 0.6 is 0 Å². The van der Waals surface area contributed by atoms with Crippen molar-refractivity contribution in [3.05, 3.63) is 12.7 Å². The first-order valence-electron chi connectivity index (χ1n) is 6.03. The van der Waals surface area contributed by atoms with Crippen LogP contribution in [0.2, 0.25) is 0 Å². The Kier molecular flexibility index (Phi) is 6.86. The molecule has 0 fully saturated rings. The minimum absolute atomic E-state index is 0.154. The molecule has 0 spiro atoms. The minimum Gasteiger partial charge on any atom is -0.432 e. The van der Waals surface area contributed by atoms with Gasteiger partial charge in [0.25, 0.3) is 0 Å². The third kappa shape index (κ3) is 5.19. The number of ether oxygens (including phenoxy) is 2. The molecule has 94 valence electrons. The smallest absolute Gasteiger partial charge is 0.432 e. The van der Waals surface area contributed by atoms with E-state index >= 15 is 0 Å². The van der Waals surface area contributed by atoms with Gasteiger partial charge in [-0.15, -0.1) is 0 Å². The molecule has 0 unspecified atom stereocenters. The molecule has 3 nitrogen and oxygen atoms in total. The maximum Gasteiger partial charge on any atom is 0.509 e. The first-order valence-corrected chi connectivity index (χ1v) is 6.03. The predicted molar refractivity (Wildman–Crippen MR) is 65.4 cm³/mol. The van der Waals surface area contributed by atoms with Crippen LogP contribution in [0.4, 0.5) is 4.79 Å². The quantitative estimate of drug-likeness (QED) is 0.486. The third-order valence-electron chi connectivity index (χ3n) is 2.34. The molecule has 0 aromatic heterocycles. The zero-order valence-electron chi connectivity index (χ0n) is 10.9. The van der Waals surface area contributed by atoms with Gasteiger partial charge in [0.05, 0.1) is 6.10 Å². The lowest BCUT2D eigenvalue weighted by atomic mass is 9.93. The summed E-state index contributed by atoms with van der Waals surface area (Å²) in [5.41, 5.74) is -0.560. The molecule has 3 heteroatoms. The Balaban J connectivity index is 4.50. The first kappa shape index (κ1) is 15.0. The second-order valence-corrected chi connectivity index (χ2v) is 4.29. The van der Waals surface area contributed by atoms with Crippen molar-refractivity contribution < 1.29 is 14.3 Å². The molecule has 0 heterocycles. The highest BCUT2D eigenvalue weighted by atomic mass is 16.7. The normalized spacial score (nSPS) is 11.3. The highest BCUT2D eigenvalue weighted by Gasteiger charge is 2.30. The number of carbonyl (C=O) groups is 1. The van der Waals surface area contributed by atoms with Crippen molar-refractivity contribution in [1.29, 1.82) is 0 Å². The van der Waals surface area contributed by atoms with Crippen molar-refractivity contribution >= 4 is 6.16 Å². The fraction of sp³-hybridized carbons (Fsp3) is 0.769. The third-order valence-corrected chi connectivity index (χ3v) is 2.34. The van der Waals surface area contributed by atoms with Gasteiger partial charge in [-0.1, -0.05) is 33.3 Å². The second-order valence-electron chi connectivity index (χ2n) is 4.29. The molecule has 0 aliphatic carbocycles. The van der Waals surface area contributed by atoms with Gasteiger partial charge in [-0.3, -0.25) is 0 Å². The topological polar surface area (TPSA) is 35.5 Å². The number of carbonyl (C=O) groups excluding carboxylic acids is 1. The molecule has 0 amide bonds. The maximum atomic E-state index is 11.5. The van der Waals surface area contributed by atoms with Crippen molar-refractivity contribution in [2.75, 3.05) is 0 Å². The molecule has 16 heavy (non-hydrogen) atoms. The van der Waals surface area contributed by atoms with E-state index in [4.69, 9.17) is 9.47 Å². The van der Waals surface area contributed by atoms with E-state index in [2.05, 4.69) is 20.4 Å². The monoisotopic (exact) mass is 228 g/mol. The lowest BCUT2D eigenvalue weighted by Crippen LogP contribution is -2.33. The molecule has 0 rings (SSSR count). The van der Waals surface area contributed by atoms with Crippen molar-refractivity contribution in [2.24, 2.45) is 0 Å². The molecule has 0 aliphatic rings. The second kappa shape index (κ2) is 7.31. The molecule has 0 bridgehead atoms. The van der Waals surface area contributed by atoms with E-state index in [1.807, 2.05) is 0 Å². The van der Waals surface area contributed by atoms with E-state index in [1.165, 1.54) is 0 Å². The van der Waals surface area contributed by atoms with Gasteiger partial charge in [-0.2, -0.15) is 0 Å². The average molecular weight is 228 g/mol. The van der Waals surface area contributed by atoms with E-state index in [0.717, 1.165) is 25.7 Å². The fourth-order valence-electron chi connectivity index (χ4n) is 1.70. The van der Waals surface area contributed by atoms with Gasteiger partial charge >= 0.3 is 6.16 Å². The summed E-state index contributed by atoms with van der Waals surface area (Å²) < 4.78 is 10.4. The van der Waals surface area contributed by atoms with Gasteiger partial charge in [0.2, 0.25) is 0 Å². The van der Waals surface area contributed by atoms with Gasteiger partial charge in [-0.25, -0.2) is 4.79 Å². The van der Waals surface area contributed by atoms with Gasteiger partial charge in [0.15, 0.2) is 0 Å². The van der Waals surface area contributed by atoms with Gasteiger partial charge in [-0.05, 0) is 32.8 Å². The van der Waals surface area contributed by atoms with E-state index < -0.39 is 11.8 Å². The molecule has 0 aromatic carbocycles. The summed E-state index contributed by atoms with van der Waals surface area (Å²) in [4.78, 5) is 11.5. The Bertz CT molecular complexity index is 215. The summed E-state index contributed by atoms with van der Waals surface area (Å²) in [6, 6.07) is 0. The predicted octanol–water partition coefficient (Wildman–Crippen LogP) is 4.07. The van der Waals surface area contributed by atoms with Crippen LogP contribution in [0, 0.1) is 0 Å². The standard InChI is InChI=1S/C13H24O3/c1-6-9-13(8-3,10-7-2)16-12(14)15-11(4)5/h8,11H,3,6-7,9-10H2,1-2,4-5H3. The number of hydrogen-bond acceptors (Lipinski definition) is 3. The average Bonchev–Trinajstić information content (AvgIpc) is 2.16. The first-order chi connectivity index (χ1) is 7.49. The Morgan fingerprint density at radius 1 is 1.31 bits per heavy atom. The van der Waals surface area contributed by atoms with E-state index in [1.54, 1.807) is 19.9 Å². The SMILES string of the molecule is C=CC(CCC)(CCC)OC(=O)OC(C)C. The molecule has 0 aromatic rings. The Hall–Kier alpha value is -0.990. The van der Waals surface area contributed by atoms with Crippen molar-refractivity contribution in [3.8, 4) is 0 Å². The minimum atomic E-state index is -0.600. The number of hydrogen-bond donors (Lipinski definition) is 0. The Morgan fingerprint density at radius 3 is 2.12 bits per heavy atom. The Morgan fingerprint density at radius 2 is 1.81 bits per heavy atom. The lowest BCUT2D eigenvalue weighted by Gasteiger charge is -2.29. The summed E-state index contributed by atoms with van der Waals surface area (Å²) in [7, 11) is 0. The van der Waals surface area contributed by atoms with Gasteiger partial charge in [0.1, 0.15) is 5.60 Å². The molecule has 0 saturated carbocycles. The van der Waals surface area contributed by atoms with Crippen LogP contribution < -0.4 is 0 Å². The summed E-state index contributed by atoms with van der Waals surface area (Å²) in [5, 5.41) is 0. The molecular weight excluding hydrogens is 204 g/mol. The molecule has 0 saturated heterocycles. The van der Waals surface area contributed by atoms with E-state index in [0.29, 0.717) is 0 Å². The summed E-state index contributed by atoms with van der Waals surface area (Å²) >= 11 is 0. The maximum absolute atomic E-state index is 11.5. The van der Waals surface area contributed by atoms with Crippen LogP contribution in [0.3, 0.4) is 0 Å². The highest BCUT2D eigenvalue weighted by Crippen LogP contribution is 2.26. The lowest BCUT2D eigenvalue weighted by molar-refractivity contribution is -0.0303. The van der Waals surface area contributed by atoms with Crippen LogP contribution in [0.1, 0.15) is 53.4 Å². The Labute approximate surface area is 98.8 Å².